The Morgan fingerprint density at radius 1 is 0.436 bits per heavy atom. The second-order valence-corrected chi connectivity index (χ2v) is 10.0. The molecular formula is C36H25N3. The van der Waals surface area contributed by atoms with E-state index in [9.17, 15) is 0 Å². The predicted octanol–water partition coefficient (Wildman–Crippen LogP) is 9.13. The van der Waals surface area contributed by atoms with Crippen molar-refractivity contribution in [2.45, 2.75) is 0 Å². The Kier molecular flexibility index (Phi) is 4.67. The van der Waals surface area contributed by atoms with Gasteiger partial charge < -0.3 is 14.9 Å². The van der Waals surface area contributed by atoms with Gasteiger partial charge in [-0.05, 0) is 65.7 Å². The lowest BCUT2D eigenvalue weighted by molar-refractivity contribution is 1.18. The van der Waals surface area contributed by atoms with Crippen LogP contribution in [0, 0.1) is 0 Å². The highest BCUT2D eigenvalue weighted by atomic mass is 15.0. The number of nitrogens with two attached hydrogens (primary N) is 1. The van der Waals surface area contributed by atoms with Crippen molar-refractivity contribution in [1.29, 1.82) is 0 Å². The van der Waals surface area contributed by atoms with Crippen LogP contribution in [0.5, 0.6) is 0 Å². The quantitative estimate of drug-likeness (QED) is 0.242. The number of nitrogens with zero attached hydrogens (tertiary/aromatic N) is 2. The van der Waals surface area contributed by atoms with Gasteiger partial charge in [-0.25, -0.2) is 0 Å². The fourth-order valence-corrected chi connectivity index (χ4v) is 6.21. The van der Waals surface area contributed by atoms with Crippen molar-refractivity contribution in [2.24, 2.45) is 0 Å². The number of fused-ring (bicyclic) bond motifs is 6. The third kappa shape index (κ3) is 3.17. The van der Waals surface area contributed by atoms with Crippen LogP contribution in [0.25, 0.3) is 66.1 Å². The maximum atomic E-state index is 6.46. The molecule has 0 aliphatic carbocycles. The molecule has 0 aliphatic heterocycles. The Balaban J connectivity index is 1.44. The SMILES string of the molecule is Nc1ccccc1-n1c2ccccc2c2cc(-c3cccc4c3c3ccccc3n4-c3ccccc3)ccc21. The third-order valence-corrected chi connectivity index (χ3v) is 7.87. The molecule has 0 fully saturated rings. The summed E-state index contributed by atoms with van der Waals surface area (Å²) in [5.74, 6) is 0. The van der Waals surface area contributed by atoms with Gasteiger partial charge in [-0.15, -0.1) is 0 Å². The van der Waals surface area contributed by atoms with Crippen molar-refractivity contribution >= 4 is 49.3 Å². The molecule has 6 aromatic carbocycles. The summed E-state index contributed by atoms with van der Waals surface area (Å²) in [6.07, 6.45) is 0. The van der Waals surface area contributed by atoms with Crippen molar-refractivity contribution in [3.63, 3.8) is 0 Å². The number of nitrogen functional groups attached to an aromatic ring is 1. The molecule has 0 bridgehead atoms. The highest BCUT2D eigenvalue weighted by Crippen LogP contribution is 2.41. The first-order valence-corrected chi connectivity index (χ1v) is 13.3. The van der Waals surface area contributed by atoms with Crippen LogP contribution in [-0.2, 0) is 0 Å². The predicted molar refractivity (Wildman–Crippen MR) is 165 cm³/mol. The van der Waals surface area contributed by atoms with Gasteiger partial charge in [0.25, 0.3) is 0 Å². The van der Waals surface area contributed by atoms with Gasteiger partial charge in [-0.1, -0.05) is 84.9 Å². The summed E-state index contributed by atoms with van der Waals surface area (Å²) in [5.41, 5.74) is 16.6. The lowest BCUT2D eigenvalue weighted by Gasteiger charge is -2.11. The summed E-state index contributed by atoms with van der Waals surface area (Å²) >= 11 is 0. The molecule has 0 atom stereocenters. The van der Waals surface area contributed by atoms with E-state index < -0.39 is 0 Å². The topological polar surface area (TPSA) is 35.9 Å². The molecule has 2 heterocycles. The minimum atomic E-state index is 0.766. The molecule has 39 heavy (non-hydrogen) atoms. The minimum absolute atomic E-state index is 0.766. The summed E-state index contributed by atoms with van der Waals surface area (Å²) in [6.45, 7) is 0. The summed E-state index contributed by atoms with van der Waals surface area (Å²) in [5, 5.41) is 4.96. The molecule has 0 spiro atoms. The maximum absolute atomic E-state index is 6.46. The summed E-state index contributed by atoms with van der Waals surface area (Å²) in [7, 11) is 0. The van der Waals surface area contributed by atoms with E-state index in [2.05, 4.69) is 130 Å². The normalized spacial score (nSPS) is 11.7. The van der Waals surface area contributed by atoms with E-state index in [4.69, 9.17) is 5.73 Å². The maximum Gasteiger partial charge on any atom is 0.0691 e. The molecule has 2 aromatic heterocycles. The summed E-state index contributed by atoms with van der Waals surface area (Å²) in [4.78, 5) is 0. The lowest BCUT2D eigenvalue weighted by atomic mass is 9.98. The lowest BCUT2D eigenvalue weighted by Crippen LogP contribution is -1.99. The van der Waals surface area contributed by atoms with Gasteiger partial charge in [0.2, 0.25) is 0 Å². The average molecular weight is 500 g/mol. The molecule has 0 saturated carbocycles. The standard InChI is InChI=1S/C36H25N3/c37-30-16-6-9-19-34(30)39-31-17-7-4-13-27(31)29-23-24(21-22-33(29)39)26-15-10-20-35-36(26)28-14-5-8-18-32(28)38(35)25-11-2-1-3-12-25/h1-23H,37H2. The number of anilines is 1. The van der Waals surface area contributed by atoms with Gasteiger partial charge in [0.15, 0.2) is 0 Å². The van der Waals surface area contributed by atoms with E-state index in [0.29, 0.717) is 0 Å². The Hall–Kier alpha value is -5.28. The Morgan fingerprint density at radius 2 is 1.08 bits per heavy atom. The number of aromatic nitrogens is 2. The van der Waals surface area contributed by atoms with Crippen LogP contribution in [0.2, 0.25) is 0 Å². The van der Waals surface area contributed by atoms with Gasteiger partial charge >= 0.3 is 0 Å². The number of rotatable bonds is 3. The van der Waals surface area contributed by atoms with Crippen LogP contribution in [-0.4, -0.2) is 9.13 Å². The highest BCUT2D eigenvalue weighted by molar-refractivity contribution is 6.17. The highest BCUT2D eigenvalue weighted by Gasteiger charge is 2.18. The van der Waals surface area contributed by atoms with Crippen LogP contribution < -0.4 is 5.73 Å². The Bertz CT molecular complexity index is 2180. The molecule has 8 rings (SSSR count). The molecule has 3 nitrogen and oxygen atoms in total. The van der Waals surface area contributed by atoms with Crippen molar-refractivity contribution in [2.75, 3.05) is 5.73 Å². The van der Waals surface area contributed by atoms with E-state index in [1.54, 1.807) is 0 Å². The average Bonchev–Trinajstić information content (AvgIpc) is 3.51. The van der Waals surface area contributed by atoms with Gasteiger partial charge in [0.1, 0.15) is 0 Å². The number of hydrogen-bond acceptors (Lipinski definition) is 1. The molecule has 184 valence electrons. The van der Waals surface area contributed by atoms with Crippen molar-refractivity contribution in [1.82, 2.24) is 9.13 Å². The molecule has 0 aliphatic rings. The smallest absolute Gasteiger partial charge is 0.0691 e. The molecule has 2 N–H and O–H groups in total. The third-order valence-electron chi connectivity index (χ3n) is 7.87. The van der Waals surface area contributed by atoms with E-state index >= 15 is 0 Å². The first-order valence-electron chi connectivity index (χ1n) is 13.3. The second kappa shape index (κ2) is 8.37. The van der Waals surface area contributed by atoms with E-state index in [0.717, 1.165) is 22.4 Å². The van der Waals surface area contributed by atoms with Crippen LogP contribution in [0.3, 0.4) is 0 Å². The van der Waals surface area contributed by atoms with Crippen LogP contribution in [0.4, 0.5) is 5.69 Å². The van der Waals surface area contributed by atoms with Gasteiger partial charge in [-0.2, -0.15) is 0 Å². The fourth-order valence-electron chi connectivity index (χ4n) is 6.21. The summed E-state index contributed by atoms with van der Waals surface area (Å²) in [6, 6.07) is 49.5. The molecule has 0 amide bonds. The van der Waals surface area contributed by atoms with Crippen LogP contribution >= 0.6 is 0 Å². The van der Waals surface area contributed by atoms with E-state index in [1.807, 2.05) is 18.2 Å². The Labute approximate surface area is 226 Å². The number of para-hydroxylation sites is 5. The number of hydrogen-bond donors (Lipinski definition) is 1. The van der Waals surface area contributed by atoms with Crippen LogP contribution in [0.15, 0.2) is 140 Å². The zero-order valence-corrected chi connectivity index (χ0v) is 21.3. The van der Waals surface area contributed by atoms with Gasteiger partial charge in [0.05, 0.1) is 33.4 Å². The summed E-state index contributed by atoms with van der Waals surface area (Å²) < 4.78 is 4.66. The largest absolute Gasteiger partial charge is 0.397 e. The monoisotopic (exact) mass is 499 g/mol. The minimum Gasteiger partial charge on any atom is -0.397 e. The van der Waals surface area contributed by atoms with Crippen molar-refractivity contribution in [3.8, 4) is 22.5 Å². The second-order valence-electron chi connectivity index (χ2n) is 10.0. The van der Waals surface area contributed by atoms with Gasteiger partial charge in [-0.3, -0.25) is 0 Å². The zero-order chi connectivity index (χ0) is 25.9. The van der Waals surface area contributed by atoms with Crippen molar-refractivity contribution in [3.05, 3.63) is 140 Å². The molecular weight excluding hydrogens is 474 g/mol. The Morgan fingerprint density at radius 3 is 1.90 bits per heavy atom. The number of benzene rings is 6. The first-order chi connectivity index (χ1) is 19.3. The molecule has 0 saturated heterocycles. The van der Waals surface area contributed by atoms with E-state index in [-0.39, 0.29) is 0 Å². The molecule has 3 heteroatoms. The molecule has 0 radical (unpaired) electrons. The van der Waals surface area contributed by atoms with E-state index in [1.165, 1.54) is 49.4 Å². The first kappa shape index (κ1) is 21.8. The van der Waals surface area contributed by atoms with Crippen LogP contribution in [0.1, 0.15) is 0 Å². The van der Waals surface area contributed by atoms with Crippen molar-refractivity contribution < 1.29 is 0 Å². The molecule has 0 unspecified atom stereocenters. The fraction of sp³-hybridized carbons (Fsp3) is 0. The van der Waals surface area contributed by atoms with Gasteiger partial charge in [0, 0.05) is 27.2 Å². The molecule has 8 aromatic rings. The zero-order valence-electron chi connectivity index (χ0n) is 21.3.